The van der Waals surface area contributed by atoms with Crippen LogP contribution in [0.25, 0.3) is 0 Å². The number of nitrogens with zero attached hydrogens (tertiary/aromatic N) is 3. The SMILES string of the molecule is Cc1cc(NC(=O)c2cnc(Nc3c(Cl)cccc3Cl)cn2)no1. The zero-order valence-electron chi connectivity index (χ0n) is 12.4. The number of para-hydroxylation sites is 1. The van der Waals surface area contributed by atoms with Crippen molar-refractivity contribution in [2.45, 2.75) is 6.92 Å². The fraction of sp³-hybridized carbons (Fsp3) is 0.0667. The minimum Gasteiger partial charge on any atom is -0.360 e. The van der Waals surface area contributed by atoms with Crippen LogP contribution < -0.4 is 10.6 Å². The highest BCUT2D eigenvalue weighted by Gasteiger charge is 2.12. The first kappa shape index (κ1) is 16.2. The Kier molecular flexibility index (Phi) is 4.64. The van der Waals surface area contributed by atoms with E-state index >= 15 is 0 Å². The molecule has 2 N–H and O–H groups in total. The van der Waals surface area contributed by atoms with Gasteiger partial charge < -0.3 is 15.2 Å². The third kappa shape index (κ3) is 3.64. The fourth-order valence-corrected chi connectivity index (χ4v) is 2.35. The number of anilines is 3. The lowest BCUT2D eigenvalue weighted by Gasteiger charge is -2.09. The lowest BCUT2D eigenvalue weighted by atomic mass is 10.3. The van der Waals surface area contributed by atoms with Gasteiger partial charge in [0.15, 0.2) is 5.82 Å². The largest absolute Gasteiger partial charge is 0.360 e. The summed E-state index contributed by atoms with van der Waals surface area (Å²) in [6.45, 7) is 1.72. The van der Waals surface area contributed by atoms with E-state index in [0.717, 1.165) is 0 Å². The van der Waals surface area contributed by atoms with Gasteiger partial charge in [0.05, 0.1) is 28.1 Å². The molecule has 0 saturated heterocycles. The van der Waals surface area contributed by atoms with E-state index in [-0.39, 0.29) is 5.69 Å². The lowest BCUT2D eigenvalue weighted by molar-refractivity contribution is 0.102. The first-order valence-corrected chi connectivity index (χ1v) is 7.56. The van der Waals surface area contributed by atoms with E-state index < -0.39 is 5.91 Å². The number of rotatable bonds is 4. The number of benzene rings is 1. The van der Waals surface area contributed by atoms with Gasteiger partial charge in [-0.2, -0.15) is 0 Å². The van der Waals surface area contributed by atoms with E-state index in [1.54, 1.807) is 31.2 Å². The molecular weight excluding hydrogens is 353 g/mol. The second-order valence-electron chi connectivity index (χ2n) is 4.79. The first-order valence-electron chi connectivity index (χ1n) is 6.80. The first-order chi connectivity index (χ1) is 11.5. The van der Waals surface area contributed by atoms with E-state index in [1.807, 2.05) is 0 Å². The summed E-state index contributed by atoms with van der Waals surface area (Å²) in [7, 11) is 0. The van der Waals surface area contributed by atoms with Crippen LogP contribution >= 0.6 is 23.2 Å². The molecule has 0 atom stereocenters. The number of aryl methyl sites for hydroxylation is 1. The van der Waals surface area contributed by atoms with Crippen molar-refractivity contribution in [3.05, 3.63) is 58.2 Å². The van der Waals surface area contributed by atoms with Crippen molar-refractivity contribution >= 4 is 46.4 Å². The fourth-order valence-electron chi connectivity index (χ4n) is 1.86. The standard InChI is InChI=1S/C15H11Cl2N5O2/c1-8-5-12(22-24-8)21-15(23)11-6-19-13(7-18-11)20-14-9(16)3-2-4-10(14)17/h2-7H,1H3,(H,19,20)(H,21,22,23). The zero-order valence-corrected chi connectivity index (χ0v) is 13.9. The van der Waals surface area contributed by atoms with Gasteiger partial charge in [0.25, 0.3) is 5.91 Å². The van der Waals surface area contributed by atoms with Crippen molar-refractivity contribution in [3.8, 4) is 0 Å². The number of hydrogen-bond donors (Lipinski definition) is 2. The zero-order chi connectivity index (χ0) is 17.1. The van der Waals surface area contributed by atoms with E-state index in [9.17, 15) is 4.79 Å². The minimum absolute atomic E-state index is 0.131. The average Bonchev–Trinajstić information content (AvgIpc) is 2.96. The Morgan fingerprint density at radius 3 is 2.46 bits per heavy atom. The van der Waals surface area contributed by atoms with Crippen molar-refractivity contribution in [1.29, 1.82) is 0 Å². The molecule has 0 aliphatic rings. The van der Waals surface area contributed by atoms with Crippen molar-refractivity contribution in [2.75, 3.05) is 10.6 Å². The number of aromatic nitrogens is 3. The van der Waals surface area contributed by atoms with E-state index in [2.05, 4.69) is 25.8 Å². The Labute approximate surface area is 147 Å². The van der Waals surface area contributed by atoms with Crippen LogP contribution in [0.5, 0.6) is 0 Å². The topological polar surface area (TPSA) is 92.9 Å². The molecule has 3 rings (SSSR count). The number of halogens is 2. The Hall–Kier alpha value is -2.64. The summed E-state index contributed by atoms with van der Waals surface area (Å²) in [4.78, 5) is 20.2. The van der Waals surface area contributed by atoms with Crippen molar-refractivity contribution in [1.82, 2.24) is 15.1 Å². The van der Waals surface area contributed by atoms with Crippen molar-refractivity contribution in [3.63, 3.8) is 0 Å². The summed E-state index contributed by atoms with van der Waals surface area (Å²) in [6, 6.07) is 6.73. The van der Waals surface area contributed by atoms with Gasteiger partial charge in [-0.1, -0.05) is 34.4 Å². The van der Waals surface area contributed by atoms with Crippen molar-refractivity contribution < 1.29 is 9.32 Å². The summed E-state index contributed by atoms with van der Waals surface area (Å²) >= 11 is 12.2. The quantitative estimate of drug-likeness (QED) is 0.725. The summed E-state index contributed by atoms with van der Waals surface area (Å²) < 4.78 is 4.87. The molecule has 1 aromatic carbocycles. The van der Waals surface area contributed by atoms with Gasteiger partial charge >= 0.3 is 0 Å². The molecular formula is C15H11Cl2N5O2. The minimum atomic E-state index is -0.446. The van der Waals surface area contributed by atoms with Gasteiger partial charge in [-0.15, -0.1) is 0 Å². The highest BCUT2D eigenvalue weighted by molar-refractivity contribution is 6.39. The monoisotopic (exact) mass is 363 g/mol. The predicted molar refractivity (Wildman–Crippen MR) is 91.0 cm³/mol. The summed E-state index contributed by atoms with van der Waals surface area (Å²) in [5, 5.41) is 10.1. The Morgan fingerprint density at radius 2 is 1.88 bits per heavy atom. The lowest BCUT2D eigenvalue weighted by Crippen LogP contribution is -2.14. The summed E-state index contributed by atoms with van der Waals surface area (Å²) in [5.41, 5.74) is 0.650. The third-order valence-corrected chi connectivity index (χ3v) is 3.60. The number of carbonyl (C=O) groups is 1. The number of hydrogen-bond acceptors (Lipinski definition) is 6. The van der Waals surface area contributed by atoms with Crippen LogP contribution in [0.2, 0.25) is 10.0 Å². The molecule has 0 spiro atoms. The molecule has 0 bridgehead atoms. The molecule has 9 heteroatoms. The maximum Gasteiger partial charge on any atom is 0.277 e. The average molecular weight is 364 g/mol. The number of amides is 1. The molecule has 2 aromatic heterocycles. The molecule has 24 heavy (non-hydrogen) atoms. The van der Waals surface area contributed by atoms with Crippen LogP contribution in [0.15, 0.2) is 41.2 Å². The van der Waals surface area contributed by atoms with E-state index in [1.165, 1.54) is 12.4 Å². The van der Waals surface area contributed by atoms with Gasteiger partial charge in [-0.3, -0.25) is 4.79 Å². The van der Waals surface area contributed by atoms with Gasteiger partial charge in [-0.25, -0.2) is 9.97 Å². The van der Waals surface area contributed by atoms with Crippen LogP contribution in [0.4, 0.5) is 17.3 Å². The van der Waals surface area contributed by atoms with Crippen LogP contribution in [0, 0.1) is 6.92 Å². The molecule has 3 aromatic rings. The Balaban J connectivity index is 1.72. The van der Waals surface area contributed by atoms with Crippen molar-refractivity contribution in [2.24, 2.45) is 0 Å². The number of nitrogens with one attached hydrogen (secondary N) is 2. The summed E-state index contributed by atoms with van der Waals surface area (Å²) in [6.07, 6.45) is 2.73. The molecule has 1 amide bonds. The molecule has 7 nitrogen and oxygen atoms in total. The predicted octanol–water partition coefficient (Wildman–Crippen LogP) is 4.08. The maximum atomic E-state index is 12.0. The van der Waals surface area contributed by atoms with Gasteiger partial charge in [0.1, 0.15) is 17.3 Å². The normalized spacial score (nSPS) is 10.5. The van der Waals surface area contributed by atoms with Crippen LogP contribution in [0.3, 0.4) is 0 Å². The molecule has 0 fully saturated rings. The molecule has 2 heterocycles. The second-order valence-corrected chi connectivity index (χ2v) is 5.60. The van der Waals surface area contributed by atoms with Gasteiger partial charge in [0.2, 0.25) is 0 Å². The van der Waals surface area contributed by atoms with Crippen LogP contribution in [-0.2, 0) is 0 Å². The van der Waals surface area contributed by atoms with Gasteiger partial charge in [0, 0.05) is 6.07 Å². The summed E-state index contributed by atoms with van der Waals surface area (Å²) in [5.74, 6) is 0.855. The molecule has 0 aliphatic heterocycles. The molecule has 122 valence electrons. The molecule has 0 aliphatic carbocycles. The molecule has 0 saturated carbocycles. The highest BCUT2D eigenvalue weighted by Crippen LogP contribution is 2.31. The van der Waals surface area contributed by atoms with E-state index in [4.69, 9.17) is 27.7 Å². The second kappa shape index (κ2) is 6.86. The smallest absolute Gasteiger partial charge is 0.277 e. The van der Waals surface area contributed by atoms with Crippen LogP contribution in [0.1, 0.15) is 16.2 Å². The maximum absolute atomic E-state index is 12.0. The third-order valence-electron chi connectivity index (χ3n) is 2.97. The Morgan fingerprint density at radius 1 is 1.12 bits per heavy atom. The molecule has 0 unspecified atom stereocenters. The number of carbonyl (C=O) groups excluding carboxylic acids is 1. The highest BCUT2D eigenvalue weighted by atomic mass is 35.5. The van der Waals surface area contributed by atoms with Crippen LogP contribution in [-0.4, -0.2) is 21.0 Å². The molecule has 0 radical (unpaired) electrons. The van der Waals surface area contributed by atoms with Gasteiger partial charge in [-0.05, 0) is 19.1 Å². The van der Waals surface area contributed by atoms with E-state index in [0.29, 0.717) is 33.1 Å². The Bertz CT molecular complexity index is 860.